The summed E-state index contributed by atoms with van der Waals surface area (Å²) in [6.45, 7) is 1.70. The van der Waals surface area contributed by atoms with E-state index in [2.05, 4.69) is 5.32 Å². The van der Waals surface area contributed by atoms with E-state index in [1.807, 2.05) is 0 Å². The molecular weight excluding hydrogens is 264 g/mol. The van der Waals surface area contributed by atoms with E-state index < -0.39 is 28.8 Å². The molecule has 0 spiro atoms. The third-order valence-electron chi connectivity index (χ3n) is 3.38. The number of nitro benzene ring substituents is 1. The molecule has 20 heavy (non-hydrogen) atoms. The van der Waals surface area contributed by atoms with Gasteiger partial charge in [0.05, 0.1) is 22.8 Å². The summed E-state index contributed by atoms with van der Waals surface area (Å²) in [5.41, 5.74) is 0.568. The molecule has 1 aliphatic carbocycles. The number of carbonyl (C=O) groups is 2. The fourth-order valence-corrected chi connectivity index (χ4v) is 2.07. The summed E-state index contributed by atoms with van der Waals surface area (Å²) in [6.07, 6.45) is 0.350. The first kappa shape index (κ1) is 14.0. The Balaban J connectivity index is 2.00. The van der Waals surface area contributed by atoms with Crippen molar-refractivity contribution >= 4 is 17.6 Å². The van der Waals surface area contributed by atoms with Crippen molar-refractivity contribution in [2.45, 2.75) is 19.4 Å². The van der Waals surface area contributed by atoms with Crippen LogP contribution in [0, 0.1) is 22.0 Å². The van der Waals surface area contributed by atoms with Crippen LogP contribution in [0.1, 0.15) is 24.9 Å². The van der Waals surface area contributed by atoms with E-state index in [0.29, 0.717) is 12.0 Å². The van der Waals surface area contributed by atoms with E-state index in [0.717, 1.165) is 0 Å². The van der Waals surface area contributed by atoms with Crippen molar-refractivity contribution in [3.63, 3.8) is 0 Å². The molecule has 106 valence electrons. The summed E-state index contributed by atoms with van der Waals surface area (Å²) >= 11 is 0. The Morgan fingerprint density at radius 1 is 1.45 bits per heavy atom. The van der Waals surface area contributed by atoms with Crippen LogP contribution in [0.15, 0.2) is 24.3 Å². The SMILES string of the molecule is CC(NC(=O)C1CC1C(=O)O)c1cccc([N+](=O)[O-])c1. The van der Waals surface area contributed by atoms with E-state index in [4.69, 9.17) is 5.11 Å². The normalized spacial score (nSPS) is 21.9. The van der Waals surface area contributed by atoms with Gasteiger partial charge in [0.2, 0.25) is 5.91 Å². The van der Waals surface area contributed by atoms with Gasteiger partial charge in [-0.15, -0.1) is 0 Å². The maximum Gasteiger partial charge on any atom is 0.307 e. The van der Waals surface area contributed by atoms with Gasteiger partial charge in [0, 0.05) is 12.1 Å². The van der Waals surface area contributed by atoms with Gasteiger partial charge in [0.15, 0.2) is 0 Å². The highest BCUT2D eigenvalue weighted by Gasteiger charge is 2.48. The van der Waals surface area contributed by atoms with Gasteiger partial charge in [-0.3, -0.25) is 19.7 Å². The summed E-state index contributed by atoms with van der Waals surface area (Å²) in [6, 6.07) is 5.59. The van der Waals surface area contributed by atoms with Crippen molar-refractivity contribution in [1.29, 1.82) is 0 Å². The minimum atomic E-state index is -0.965. The number of hydrogen-bond acceptors (Lipinski definition) is 4. The van der Waals surface area contributed by atoms with Crippen LogP contribution in [0.4, 0.5) is 5.69 Å². The number of carboxylic acids is 1. The molecule has 3 atom stereocenters. The Morgan fingerprint density at radius 2 is 2.15 bits per heavy atom. The largest absolute Gasteiger partial charge is 0.481 e. The van der Waals surface area contributed by atoms with E-state index in [9.17, 15) is 19.7 Å². The smallest absolute Gasteiger partial charge is 0.307 e. The van der Waals surface area contributed by atoms with Gasteiger partial charge in [-0.2, -0.15) is 0 Å². The second-order valence-corrected chi connectivity index (χ2v) is 4.87. The van der Waals surface area contributed by atoms with E-state index >= 15 is 0 Å². The van der Waals surface area contributed by atoms with Crippen LogP contribution in [-0.2, 0) is 9.59 Å². The van der Waals surface area contributed by atoms with Crippen LogP contribution in [0.3, 0.4) is 0 Å². The predicted molar refractivity (Wildman–Crippen MR) is 68.9 cm³/mol. The second-order valence-electron chi connectivity index (χ2n) is 4.87. The van der Waals surface area contributed by atoms with Crippen LogP contribution in [0.25, 0.3) is 0 Å². The van der Waals surface area contributed by atoms with Crippen molar-refractivity contribution in [1.82, 2.24) is 5.32 Å². The zero-order chi connectivity index (χ0) is 14.9. The van der Waals surface area contributed by atoms with Crippen LogP contribution in [0.2, 0.25) is 0 Å². The second kappa shape index (κ2) is 5.28. The highest BCUT2D eigenvalue weighted by Crippen LogP contribution is 2.39. The number of rotatable bonds is 5. The van der Waals surface area contributed by atoms with Gasteiger partial charge >= 0.3 is 5.97 Å². The van der Waals surface area contributed by atoms with Gasteiger partial charge in [0.1, 0.15) is 0 Å². The molecule has 0 saturated heterocycles. The minimum Gasteiger partial charge on any atom is -0.481 e. The lowest BCUT2D eigenvalue weighted by atomic mass is 10.1. The van der Waals surface area contributed by atoms with Crippen molar-refractivity contribution in [3.05, 3.63) is 39.9 Å². The molecule has 2 N–H and O–H groups in total. The third kappa shape index (κ3) is 2.93. The lowest BCUT2D eigenvalue weighted by molar-refractivity contribution is -0.384. The highest BCUT2D eigenvalue weighted by molar-refractivity contribution is 5.89. The lowest BCUT2D eigenvalue weighted by Gasteiger charge is -2.14. The summed E-state index contributed by atoms with van der Waals surface area (Å²) in [5, 5.41) is 22.1. The number of aliphatic carboxylic acids is 1. The highest BCUT2D eigenvalue weighted by atomic mass is 16.6. The number of hydrogen-bond donors (Lipinski definition) is 2. The molecule has 2 rings (SSSR count). The number of nitrogens with one attached hydrogen (secondary N) is 1. The standard InChI is InChI=1S/C13H14N2O5/c1-7(8-3-2-4-9(5-8)15(19)20)14-12(16)10-6-11(10)13(17)18/h2-5,7,10-11H,6H2,1H3,(H,14,16)(H,17,18). The number of carboxylic acid groups (broad SMARTS) is 1. The molecule has 0 aliphatic heterocycles. The zero-order valence-corrected chi connectivity index (χ0v) is 10.8. The molecule has 1 aliphatic rings. The molecule has 0 radical (unpaired) electrons. The van der Waals surface area contributed by atoms with Gasteiger partial charge in [-0.05, 0) is 18.9 Å². The Bertz CT molecular complexity index is 572. The number of carbonyl (C=O) groups excluding carboxylic acids is 1. The molecule has 7 heteroatoms. The average Bonchev–Trinajstić information content (AvgIpc) is 3.19. The first-order valence-corrected chi connectivity index (χ1v) is 6.17. The third-order valence-corrected chi connectivity index (χ3v) is 3.38. The van der Waals surface area contributed by atoms with Crippen molar-refractivity contribution in [2.24, 2.45) is 11.8 Å². The van der Waals surface area contributed by atoms with Crippen molar-refractivity contribution in [2.75, 3.05) is 0 Å². The monoisotopic (exact) mass is 278 g/mol. The fraction of sp³-hybridized carbons (Fsp3) is 0.385. The molecule has 0 aromatic heterocycles. The molecule has 1 amide bonds. The van der Waals surface area contributed by atoms with Crippen molar-refractivity contribution < 1.29 is 19.6 Å². The van der Waals surface area contributed by atoms with Crippen LogP contribution in [0.5, 0.6) is 0 Å². The van der Waals surface area contributed by atoms with Gasteiger partial charge < -0.3 is 10.4 Å². The van der Waals surface area contributed by atoms with E-state index in [1.165, 1.54) is 12.1 Å². The quantitative estimate of drug-likeness (QED) is 0.626. The predicted octanol–water partition coefficient (Wildman–Crippen LogP) is 1.49. The maximum atomic E-state index is 11.8. The van der Waals surface area contributed by atoms with Gasteiger partial charge in [0.25, 0.3) is 5.69 Å². The molecule has 0 heterocycles. The Hall–Kier alpha value is -2.44. The van der Waals surface area contributed by atoms with E-state index in [1.54, 1.807) is 19.1 Å². The number of amides is 1. The van der Waals surface area contributed by atoms with Crippen LogP contribution in [-0.4, -0.2) is 21.9 Å². The molecule has 7 nitrogen and oxygen atoms in total. The molecule has 1 aromatic rings. The Labute approximate surface area is 114 Å². The van der Waals surface area contributed by atoms with Crippen LogP contribution < -0.4 is 5.32 Å². The Morgan fingerprint density at radius 3 is 2.70 bits per heavy atom. The lowest BCUT2D eigenvalue weighted by Crippen LogP contribution is -2.29. The van der Waals surface area contributed by atoms with Gasteiger partial charge in [-0.25, -0.2) is 0 Å². The zero-order valence-electron chi connectivity index (χ0n) is 10.8. The topological polar surface area (TPSA) is 110 Å². The Kier molecular flexibility index (Phi) is 3.69. The summed E-state index contributed by atoms with van der Waals surface area (Å²) in [7, 11) is 0. The fourth-order valence-electron chi connectivity index (χ4n) is 2.07. The number of nitro groups is 1. The molecule has 1 saturated carbocycles. The number of non-ortho nitro benzene ring substituents is 1. The molecule has 1 aromatic carbocycles. The van der Waals surface area contributed by atoms with Gasteiger partial charge in [-0.1, -0.05) is 12.1 Å². The summed E-state index contributed by atoms with van der Waals surface area (Å²) in [5.74, 6) is -2.38. The molecular formula is C13H14N2O5. The van der Waals surface area contributed by atoms with Crippen molar-refractivity contribution in [3.8, 4) is 0 Å². The number of benzene rings is 1. The molecule has 1 fully saturated rings. The maximum absolute atomic E-state index is 11.8. The summed E-state index contributed by atoms with van der Waals surface area (Å²) < 4.78 is 0. The first-order chi connectivity index (χ1) is 9.40. The van der Waals surface area contributed by atoms with E-state index in [-0.39, 0.29) is 11.6 Å². The average molecular weight is 278 g/mol. The summed E-state index contributed by atoms with van der Waals surface area (Å²) in [4.78, 5) is 32.7. The minimum absolute atomic E-state index is 0.0431. The van der Waals surface area contributed by atoms with Crippen LogP contribution >= 0.6 is 0 Å². The first-order valence-electron chi connectivity index (χ1n) is 6.17. The molecule has 0 bridgehead atoms. The number of nitrogens with zero attached hydrogens (tertiary/aromatic N) is 1. The molecule has 3 unspecified atom stereocenters.